The molecule has 0 radical (unpaired) electrons. The number of hydrogen-bond acceptors (Lipinski definition) is 6. The van der Waals surface area contributed by atoms with Gasteiger partial charge in [-0.3, -0.25) is 9.89 Å². The van der Waals surface area contributed by atoms with Crippen molar-refractivity contribution in [3.8, 4) is 0 Å². The molecule has 0 atom stereocenters. The summed E-state index contributed by atoms with van der Waals surface area (Å²) in [6.45, 7) is 5.66. The molecule has 4 aromatic rings. The van der Waals surface area contributed by atoms with Gasteiger partial charge in [0.05, 0.1) is 5.52 Å². The van der Waals surface area contributed by atoms with Crippen LogP contribution in [0.5, 0.6) is 0 Å². The summed E-state index contributed by atoms with van der Waals surface area (Å²) in [6.07, 6.45) is 0. The molecule has 2 aromatic carbocycles. The molecule has 4 rings (SSSR count). The molecule has 4 N–H and O–H groups in total. The van der Waals surface area contributed by atoms with Crippen molar-refractivity contribution in [2.24, 2.45) is 5.92 Å². The van der Waals surface area contributed by atoms with Gasteiger partial charge in [-0.25, -0.2) is 4.98 Å². The smallest absolute Gasteiger partial charge is 0.229 e. The molecule has 0 aliphatic heterocycles. The molecule has 152 valence electrons. The minimum absolute atomic E-state index is 0.0158. The van der Waals surface area contributed by atoms with Crippen LogP contribution in [-0.4, -0.2) is 26.1 Å². The number of rotatable bonds is 6. The fourth-order valence-electron chi connectivity index (χ4n) is 2.88. The van der Waals surface area contributed by atoms with Crippen LogP contribution in [0.1, 0.15) is 19.5 Å². The standard InChI is InChI=1S/C22H23N7O/c1-13(2)21(30)23-15-8-10-16(11-9-15)24-22-25-18-7-5-4-6-17(18)20(27-22)26-19-12-14(3)28-29-19/h4-13H,1-3H3,(H,23,30)(H3,24,25,26,27,28,29). The molecule has 8 nitrogen and oxygen atoms in total. The Bertz CT molecular complexity index is 1180. The summed E-state index contributed by atoms with van der Waals surface area (Å²) in [7, 11) is 0. The van der Waals surface area contributed by atoms with Crippen LogP contribution in [0.2, 0.25) is 0 Å². The van der Waals surface area contributed by atoms with E-state index in [1.807, 2.05) is 75.4 Å². The highest BCUT2D eigenvalue weighted by molar-refractivity contribution is 5.93. The number of benzene rings is 2. The van der Waals surface area contributed by atoms with Crippen LogP contribution in [0.4, 0.5) is 29.0 Å². The summed E-state index contributed by atoms with van der Waals surface area (Å²) < 4.78 is 0. The molecule has 0 unspecified atom stereocenters. The van der Waals surface area contributed by atoms with E-state index in [2.05, 4.69) is 36.1 Å². The zero-order valence-electron chi connectivity index (χ0n) is 17.0. The van der Waals surface area contributed by atoms with Crippen molar-refractivity contribution in [2.45, 2.75) is 20.8 Å². The molecule has 0 saturated heterocycles. The van der Waals surface area contributed by atoms with Crippen LogP contribution >= 0.6 is 0 Å². The van der Waals surface area contributed by atoms with E-state index in [4.69, 9.17) is 0 Å². The third kappa shape index (κ3) is 4.38. The first kappa shape index (κ1) is 19.4. The van der Waals surface area contributed by atoms with Crippen molar-refractivity contribution >= 4 is 45.8 Å². The Morgan fingerprint density at radius 3 is 2.40 bits per heavy atom. The number of amides is 1. The van der Waals surface area contributed by atoms with E-state index >= 15 is 0 Å². The van der Waals surface area contributed by atoms with E-state index in [0.717, 1.165) is 28.0 Å². The maximum absolute atomic E-state index is 11.8. The van der Waals surface area contributed by atoms with Crippen molar-refractivity contribution in [1.29, 1.82) is 0 Å². The molecule has 30 heavy (non-hydrogen) atoms. The van der Waals surface area contributed by atoms with Crippen molar-refractivity contribution < 1.29 is 4.79 Å². The predicted octanol–water partition coefficient (Wildman–Crippen LogP) is 4.74. The maximum Gasteiger partial charge on any atom is 0.229 e. The molecule has 0 saturated carbocycles. The monoisotopic (exact) mass is 401 g/mol. The number of aryl methyl sites for hydroxylation is 1. The Morgan fingerprint density at radius 2 is 1.70 bits per heavy atom. The molecule has 2 heterocycles. The van der Waals surface area contributed by atoms with Gasteiger partial charge in [0.2, 0.25) is 11.9 Å². The summed E-state index contributed by atoms with van der Waals surface area (Å²) in [5, 5.41) is 17.4. The van der Waals surface area contributed by atoms with E-state index in [-0.39, 0.29) is 11.8 Å². The Labute approximate surface area is 174 Å². The Balaban J connectivity index is 1.59. The lowest BCUT2D eigenvalue weighted by atomic mass is 10.2. The Hall–Kier alpha value is -3.94. The summed E-state index contributed by atoms with van der Waals surface area (Å²) in [6, 6.07) is 17.1. The van der Waals surface area contributed by atoms with Gasteiger partial charge < -0.3 is 16.0 Å². The topological polar surface area (TPSA) is 108 Å². The summed E-state index contributed by atoms with van der Waals surface area (Å²) >= 11 is 0. The van der Waals surface area contributed by atoms with Crippen LogP contribution in [0.15, 0.2) is 54.6 Å². The molecular weight excluding hydrogens is 378 g/mol. The SMILES string of the molecule is Cc1cc(Nc2nc(Nc3ccc(NC(=O)C(C)C)cc3)nc3ccccc23)n[nH]1. The van der Waals surface area contributed by atoms with Crippen LogP contribution in [-0.2, 0) is 4.79 Å². The molecule has 0 fully saturated rings. The van der Waals surface area contributed by atoms with Crippen LogP contribution in [0.25, 0.3) is 10.9 Å². The summed E-state index contributed by atoms with van der Waals surface area (Å²) in [5.74, 6) is 1.72. The number of para-hydroxylation sites is 1. The quantitative estimate of drug-likeness (QED) is 0.372. The number of aromatic amines is 1. The van der Waals surface area contributed by atoms with Crippen molar-refractivity contribution in [3.63, 3.8) is 0 Å². The zero-order valence-corrected chi connectivity index (χ0v) is 17.0. The van der Waals surface area contributed by atoms with Gasteiger partial charge in [0.15, 0.2) is 5.82 Å². The van der Waals surface area contributed by atoms with Crippen molar-refractivity contribution in [2.75, 3.05) is 16.0 Å². The Morgan fingerprint density at radius 1 is 0.967 bits per heavy atom. The lowest BCUT2D eigenvalue weighted by Crippen LogP contribution is -2.17. The number of carbonyl (C=O) groups excluding carboxylic acids is 1. The molecule has 0 aliphatic rings. The van der Waals surface area contributed by atoms with E-state index < -0.39 is 0 Å². The highest BCUT2D eigenvalue weighted by atomic mass is 16.1. The lowest BCUT2D eigenvalue weighted by Gasteiger charge is -2.12. The normalized spacial score (nSPS) is 10.9. The first-order valence-corrected chi connectivity index (χ1v) is 9.72. The molecule has 2 aromatic heterocycles. The van der Waals surface area contributed by atoms with E-state index in [1.165, 1.54) is 0 Å². The first-order chi connectivity index (χ1) is 14.5. The van der Waals surface area contributed by atoms with Crippen LogP contribution in [0.3, 0.4) is 0 Å². The molecule has 8 heteroatoms. The van der Waals surface area contributed by atoms with E-state index in [9.17, 15) is 4.79 Å². The van der Waals surface area contributed by atoms with E-state index in [1.54, 1.807) is 0 Å². The number of nitrogens with zero attached hydrogens (tertiary/aromatic N) is 3. The predicted molar refractivity (Wildman–Crippen MR) is 119 cm³/mol. The molecular formula is C22H23N7O. The van der Waals surface area contributed by atoms with Crippen molar-refractivity contribution in [1.82, 2.24) is 20.2 Å². The van der Waals surface area contributed by atoms with Crippen LogP contribution < -0.4 is 16.0 Å². The number of fused-ring (bicyclic) bond motifs is 1. The molecule has 0 bridgehead atoms. The minimum atomic E-state index is -0.0713. The van der Waals surface area contributed by atoms with Gasteiger partial charge in [0, 0.05) is 34.4 Å². The number of nitrogens with one attached hydrogen (secondary N) is 4. The fourth-order valence-corrected chi connectivity index (χ4v) is 2.88. The number of carbonyl (C=O) groups is 1. The second kappa shape index (κ2) is 8.20. The Kier molecular flexibility index (Phi) is 5.30. The molecule has 1 amide bonds. The number of hydrogen-bond donors (Lipinski definition) is 4. The highest BCUT2D eigenvalue weighted by Gasteiger charge is 2.10. The third-order valence-corrected chi connectivity index (χ3v) is 4.49. The maximum atomic E-state index is 11.8. The zero-order chi connectivity index (χ0) is 21.1. The number of anilines is 5. The van der Waals surface area contributed by atoms with Gasteiger partial charge in [-0.15, -0.1) is 0 Å². The van der Waals surface area contributed by atoms with Crippen LogP contribution in [0, 0.1) is 12.8 Å². The number of aromatic nitrogens is 4. The average molecular weight is 401 g/mol. The second-order valence-electron chi connectivity index (χ2n) is 7.32. The fraction of sp³-hybridized carbons (Fsp3) is 0.182. The molecule has 0 aliphatic carbocycles. The van der Waals surface area contributed by atoms with Gasteiger partial charge in [-0.05, 0) is 43.3 Å². The third-order valence-electron chi connectivity index (χ3n) is 4.49. The first-order valence-electron chi connectivity index (χ1n) is 9.72. The summed E-state index contributed by atoms with van der Waals surface area (Å²) in [4.78, 5) is 21.1. The summed E-state index contributed by atoms with van der Waals surface area (Å²) in [5.41, 5.74) is 3.33. The molecule has 0 spiro atoms. The van der Waals surface area contributed by atoms with Gasteiger partial charge in [-0.2, -0.15) is 10.1 Å². The second-order valence-corrected chi connectivity index (χ2v) is 7.32. The largest absolute Gasteiger partial charge is 0.326 e. The van der Waals surface area contributed by atoms with Gasteiger partial charge in [-0.1, -0.05) is 26.0 Å². The highest BCUT2D eigenvalue weighted by Crippen LogP contribution is 2.26. The van der Waals surface area contributed by atoms with Gasteiger partial charge >= 0.3 is 0 Å². The van der Waals surface area contributed by atoms with Gasteiger partial charge in [0.1, 0.15) is 5.82 Å². The lowest BCUT2D eigenvalue weighted by molar-refractivity contribution is -0.118. The average Bonchev–Trinajstić information content (AvgIpc) is 3.14. The minimum Gasteiger partial charge on any atom is -0.326 e. The number of H-pyrrole nitrogens is 1. The van der Waals surface area contributed by atoms with Gasteiger partial charge in [0.25, 0.3) is 0 Å². The van der Waals surface area contributed by atoms with E-state index in [0.29, 0.717) is 17.6 Å². The van der Waals surface area contributed by atoms with Crippen molar-refractivity contribution in [3.05, 3.63) is 60.3 Å².